The van der Waals surface area contributed by atoms with Crippen LogP contribution < -0.4 is 5.32 Å². The Balaban J connectivity index is 1.92. The molecule has 1 aliphatic rings. The molecule has 0 bridgehead atoms. The average Bonchev–Trinajstić information content (AvgIpc) is 2.78. The number of aryl methyl sites for hydroxylation is 1. The molecule has 2 rings (SSSR count). The summed E-state index contributed by atoms with van der Waals surface area (Å²) in [4.78, 5) is 12.2. The number of ketones is 1. The van der Waals surface area contributed by atoms with Crippen LogP contribution in [0.5, 0.6) is 0 Å². The highest BCUT2D eigenvalue weighted by Crippen LogP contribution is 2.21. The van der Waals surface area contributed by atoms with Crippen molar-refractivity contribution >= 4 is 21.7 Å². The van der Waals surface area contributed by atoms with E-state index in [-0.39, 0.29) is 5.78 Å². The first kappa shape index (κ1) is 13.7. The molecule has 1 aromatic heterocycles. The number of nitrogens with zero attached hydrogens (tertiary/aromatic N) is 2. The van der Waals surface area contributed by atoms with Gasteiger partial charge in [0.1, 0.15) is 5.69 Å². The predicted octanol–water partition coefficient (Wildman–Crippen LogP) is 2.63. The Morgan fingerprint density at radius 2 is 2.50 bits per heavy atom. The smallest absolute Gasteiger partial charge is 0.182 e. The van der Waals surface area contributed by atoms with Crippen molar-refractivity contribution in [3.63, 3.8) is 0 Å². The molecule has 1 N–H and O–H groups in total. The van der Waals surface area contributed by atoms with Crippen LogP contribution in [-0.2, 0) is 6.54 Å². The minimum Gasteiger partial charge on any atom is -0.316 e. The lowest BCUT2D eigenvalue weighted by molar-refractivity contribution is 0.0960. The van der Waals surface area contributed by atoms with Gasteiger partial charge in [-0.3, -0.25) is 9.48 Å². The van der Waals surface area contributed by atoms with Crippen molar-refractivity contribution in [2.45, 2.75) is 39.2 Å². The molecule has 1 aromatic rings. The first-order valence-electron chi connectivity index (χ1n) is 6.67. The summed E-state index contributed by atoms with van der Waals surface area (Å²) in [5, 5.41) is 7.58. The number of hydrogen-bond donors (Lipinski definition) is 1. The monoisotopic (exact) mass is 313 g/mol. The molecular weight excluding hydrogens is 294 g/mol. The SMILES string of the molecule is CCn1ncc(Br)c1C(=O)CCC1CCCNC1. The van der Waals surface area contributed by atoms with E-state index in [9.17, 15) is 4.79 Å². The minimum atomic E-state index is 0.201. The van der Waals surface area contributed by atoms with Gasteiger partial charge in [-0.05, 0) is 61.1 Å². The Morgan fingerprint density at radius 1 is 1.67 bits per heavy atom. The Bertz CT molecular complexity index is 410. The number of halogens is 1. The van der Waals surface area contributed by atoms with Crippen LogP contribution >= 0.6 is 15.9 Å². The number of Topliss-reactive ketones (excluding diaryl/α,β-unsaturated/α-hetero) is 1. The maximum Gasteiger partial charge on any atom is 0.182 e. The van der Waals surface area contributed by atoms with Gasteiger partial charge in [0.15, 0.2) is 5.78 Å². The van der Waals surface area contributed by atoms with Gasteiger partial charge in [-0.1, -0.05) is 0 Å². The van der Waals surface area contributed by atoms with E-state index in [0.717, 1.165) is 36.2 Å². The molecule has 2 heterocycles. The number of nitrogens with one attached hydrogen (secondary N) is 1. The molecule has 1 fully saturated rings. The summed E-state index contributed by atoms with van der Waals surface area (Å²) in [6.07, 6.45) is 5.78. The fourth-order valence-electron chi connectivity index (χ4n) is 2.50. The van der Waals surface area contributed by atoms with E-state index in [4.69, 9.17) is 0 Å². The van der Waals surface area contributed by atoms with Gasteiger partial charge in [-0.15, -0.1) is 0 Å². The van der Waals surface area contributed by atoms with Gasteiger partial charge in [0.2, 0.25) is 0 Å². The van der Waals surface area contributed by atoms with Crippen LogP contribution in [0.25, 0.3) is 0 Å². The van der Waals surface area contributed by atoms with E-state index < -0.39 is 0 Å². The van der Waals surface area contributed by atoms with Crippen LogP contribution in [0.4, 0.5) is 0 Å². The van der Waals surface area contributed by atoms with Crippen molar-refractivity contribution in [3.05, 3.63) is 16.4 Å². The van der Waals surface area contributed by atoms with Crippen molar-refractivity contribution in [3.8, 4) is 0 Å². The highest BCUT2D eigenvalue weighted by Gasteiger charge is 2.19. The molecule has 1 aliphatic heterocycles. The molecule has 1 unspecified atom stereocenters. The number of piperidine rings is 1. The minimum absolute atomic E-state index is 0.201. The van der Waals surface area contributed by atoms with Crippen molar-refractivity contribution in [1.82, 2.24) is 15.1 Å². The molecule has 1 saturated heterocycles. The van der Waals surface area contributed by atoms with E-state index in [1.165, 1.54) is 12.8 Å². The molecule has 0 aromatic carbocycles. The first-order valence-corrected chi connectivity index (χ1v) is 7.47. The van der Waals surface area contributed by atoms with Crippen molar-refractivity contribution in [2.24, 2.45) is 5.92 Å². The van der Waals surface area contributed by atoms with Gasteiger partial charge < -0.3 is 5.32 Å². The number of hydrogen-bond acceptors (Lipinski definition) is 3. The fraction of sp³-hybridized carbons (Fsp3) is 0.692. The van der Waals surface area contributed by atoms with E-state index >= 15 is 0 Å². The molecule has 4 nitrogen and oxygen atoms in total. The normalized spacial score (nSPS) is 20.0. The van der Waals surface area contributed by atoms with Crippen molar-refractivity contribution in [2.75, 3.05) is 13.1 Å². The summed E-state index contributed by atoms with van der Waals surface area (Å²) in [5.74, 6) is 0.853. The van der Waals surface area contributed by atoms with Crippen LogP contribution in [0.2, 0.25) is 0 Å². The molecular formula is C13H20BrN3O. The first-order chi connectivity index (χ1) is 8.72. The van der Waals surface area contributed by atoms with Gasteiger partial charge in [-0.25, -0.2) is 0 Å². The Morgan fingerprint density at radius 3 is 3.17 bits per heavy atom. The van der Waals surface area contributed by atoms with Crippen LogP contribution in [-0.4, -0.2) is 28.7 Å². The lowest BCUT2D eigenvalue weighted by atomic mass is 9.93. The van der Waals surface area contributed by atoms with Gasteiger partial charge in [0.25, 0.3) is 0 Å². The molecule has 0 spiro atoms. The highest BCUT2D eigenvalue weighted by atomic mass is 79.9. The second-order valence-corrected chi connectivity index (χ2v) is 5.69. The zero-order valence-electron chi connectivity index (χ0n) is 10.8. The lowest BCUT2D eigenvalue weighted by Crippen LogP contribution is -2.30. The van der Waals surface area contributed by atoms with Crippen molar-refractivity contribution in [1.29, 1.82) is 0 Å². The Hall–Kier alpha value is -0.680. The average molecular weight is 314 g/mol. The van der Waals surface area contributed by atoms with Gasteiger partial charge in [0.05, 0.1) is 10.7 Å². The second-order valence-electron chi connectivity index (χ2n) is 4.83. The topological polar surface area (TPSA) is 46.9 Å². The molecule has 1 atom stereocenters. The number of rotatable bonds is 5. The lowest BCUT2D eigenvalue weighted by Gasteiger charge is -2.22. The van der Waals surface area contributed by atoms with Gasteiger partial charge in [0, 0.05) is 13.0 Å². The van der Waals surface area contributed by atoms with E-state index in [1.807, 2.05) is 6.92 Å². The predicted molar refractivity (Wildman–Crippen MR) is 74.8 cm³/mol. The summed E-state index contributed by atoms with van der Waals surface area (Å²) in [5.41, 5.74) is 0.723. The molecule has 0 saturated carbocycles. The highest BCUT2D eigenvalue weighted by molar-refractivity contribution is 9.10. The molecule has 5 heteroatoms. The van der Waals surface area contributed by atoms with E-state index in [1.54, 1.807) is 10.9 Å². The maximum atomic E-state index is 12.2. The fourth-order valence-corrected chi connectivity index (χ4v) is 3.02. The zero-order chi connectivity index (χ0) is 13.0. The van der Waals surface area contributed by atoms with Gasteiger partial charge >= 0.3 is 0 Å². The molecule has 0 aliphatic carbocycles. The standard InChI is InChI=1S/C13H20BrN3O/c1-2-17-13(11(14)9-16-17)12(18)6-5-10-4-3-7-15-8-10/h9-10,15H,2-8H2,1H3. The summed E-state index contributed by atoms with van der Waals surface area (Å²) < 4.78 is 2.59. The molecule has 0 radical (unpaired) electrons. The summed E-state index contributed by atoms with van der Waals surface area (Å²) >= 11 is 3.41. The third-order valence-corrected chi connectivity index (χ3v) is 4.12. The van der Waals surface area contributed by atoms with Gasteiger partial charge in [-0.2, -0.15) is 5.10 Å². The number of carbonyl (C=O) groups is 1. The number of carbonyl (C=O) groups excluding carboxylic acids is 1. The summed E-state index contributed by atoms with van der Waals surface area (Å²) in [7, 11) is 0. The number of aromatic nitrogens is 2. The largest absolute Gasteiger partial charge is 0.316 e. The quantitative estimate of drug-likeness (QED) is 0.850. The molecule has 100 valence electrons. The van der Waals surface area contributed by atoms with Crippen LogP contribution in [0.3, 0.4) is 0 Å². The zero-order valence-corrected chi connectivity index (χ0v) is 12.4. The third-order valence-electron chi connectivity index (χ3n) is 3.54. The summed E-state index contributed by atoms with van der Waals surface area (Å²) in [6.45, 7) is 4.92. The van der Waals surface area contributed by atoms with E-state index in [2.05, 4.69) is 26.3 Å². The van der Waals surface area contributed by atoms with Crippen molar-refractivity contribution < 1.29 is 4.79 Å². The molecule has 18 heavy (non-hydrogen) atoms. The van der Waals surface area contributed by atoms with Crippen LogP contribution in [0, 0.1) is 5.92 Å². The Kier molecular flexibility index (Phi) is 4.95. The Labute approximate surface area is 116 Å². The van der Waals surface area contributed by atoms with Crippen LogP contribution in [0.1, 0.15) is 43.1 Å². The second kappa shape index (κ2) is 6.48. The summed E-state index contributed by atoms with van der Waals surface area (Å²) in [6, 6.07) is 0. The van der Waals surface area contributed by atoms with E-state index in [0.29, 0.717) is 12.3 Å². The molecule has 0 amide bonds. The maximum absolute atomic E-state index is 12.2. The third kappa shape index (κ3) is 3.20. The van der Waals surface area contributed by atoms with Crippen LogP contribution in [0.15, 0.2) is 10.7 Å².